The van der Waals surface area contributed by atoms with Gasteiger partial charge in [-0.1, -0.05) is 12.1 Å². The van der Waals surface area contributed by atoms with Gasteiger partial charge in [0, 0.05) is 42.6 Å². The van der Waals surface area contributed by atoms with Gasteiger partial charge in [0.2, 0.25) is 0 Å². The van der Waals surface area contributed by atoms with Crippen molar-refractivity contribution in [3.63, 3.8) is 0 Å². The van der Waals surface area contributed by atoms with Gasteiger partial charge >= 0.3 is 0 Å². The van der Waals surface area contributed by atoms with Crippen molar-refractivity contribution in [2.45, 2.75) is 32.3 Å². The molecule has 1 N–H and O–H groups in total. The summed E-state index contributed by atoms with van der Waals surface area (Å²) in [6, 6.07) is 8.24. The Morgan fingerprint density at radius 3 is 3.00 bits per heavy atom. The van der Waals surface area contributed by atoms with Gasteiger partial charge in [-0.2, -0.15) is 0 Å². The second kappa shape index (κ2) is 7.35. The maximum atomic E-state index is 10.9. The molecule has 1 aromatic carbocycles. The van der Waals surface area contributed by atoms with Crippen molar-refractivity contribution in [2.24, 2.45) is 0 Å². The number of non-ortho nitro benzene ring substituents is 1. The summed E-state index contributed by atoms with van der Waals surface area (Å²) in [5.41, 5.74) is 1.48. The number of aryl methyl sites for hydroxylation is 1. The molecule has 2 aromatic rings. The van der Waals surface area contributed by atoms with Gasteiger partial charge in [-0.15, -0.1) is 0 Å². The highest BCUT2D eigenvalue weighted by molar-refractivity contribution is 5.61. The Labute approximate surface area is 140 Å². The van der Waals surface area contributed by atoms with Gasteiger partial charge in [-0.3, -0.25) is 10.1 Å². The SMILES string of the molecule is Cc1cc(NCCC2CCCO2)nc(-c2cccc([N+](=O)[O-])c2)n1. The van der Waals surface area contributed by atoms with Crippen LogP contribution in [-0.2, 0) is 4.74 Å². The standard InChI is InChI=1S/C17H20N4O3/c1-12-10-16(18-8-7-15-6-3-9-24-15)20-17(19-12)13-4-2-5-14(11-13)21(22)23/h2,4-5,10-11,15H,3,6-9H2,1H3,(H,18,19,20). The second-order valence-corrected chi connectivity index (χ2v) is 5.88. The van der Waals surface area contributed by atoms with E-state index in [2.05, 4.69) is 15.3 Å². The van der Waals surface area contributed by atoms with E-state index in [1.54, 1.807) is 12.1 Å². The number of rotatable bonds is 6. The molecule has 0 aliphatic carbocycles. The van der Waals surface area contributed by atoms with Crippen molar-refractivity contribution in [2.75, 3.05) is 18.5 Å². The zero-order chi connectivity index (χ0) is 16.9. The highest BCUT2D eigenvalue weighted by Gasteiger charge is 2.15. The largest absolute Gasteiger partial charge is 0.378 e. The maximum absolute atomic E-state index is 10.9. The highest BCUT2D eigenvalue weighted by atomic mass is 16.6. The third-order valence-corrected chi connectivity index (χ3v) is 3.97. The minimum absolute atomic E-state index is 0.0329. The number of hydrogen-bond donors (Lipinski definition) is 1. The van der Waals surface area contributed by atoms with Gasteiger partial charge < -0.3 is 10.1 Å². The van der Waals surface area contributed by atoms with Crippen LogP contribution in [0.3, 0.4) is 0 Å². The first-order chi connectivity index (χ1) is 11.6. The summed E-state index contributed by atoms with van der Waals surface area (Å²) in [6.07, 6.45) is 3.52. The quantitative estimate of drug-likeness (QED) is 0.646. The number of anilines is 1. The summed E-state index contributed by atoms with van der Waals surface area (Å²) in [7, 11) is 0. The first-order valence-corrected chi connectivity index (χ1v) is 8.08. The molecule has 1 atom stereocenters. The number of nitro benzene ring substituents is 1. The molecule has 1 aliphatic heterocycles. The van der Waals surface area contributed by atoms with Gasteiger partial charge in [-0.25, -0.2) is 9.97 Å². The van der Waals surface area contributed by atoms with Crippen molar-refractivity contribution >= 4 is 11.5 Å². The van der Waals surface area contributed by atoms with Gasteiger partial charge in [0.1, 0.15) is 5.82 Å². The minimum Gasteiger partial charge on any atom is -0.378 e. The number of nitro groups is 1. The fourth-order valence-corrected chi connectivity index (χ4v) is 2.78. The molecule has 1 fully saturated rings. The van der Waals surface area contributed by atoms with Crippen LogP contribution in [0.1, 0.15) is 25.0 Å². The van der Waals surface area contributed by atoms with E-state index in [4.69, 9.17) is 4.74 Å². The van der Waals surface area contributed by atoms with E-state index >= 15 is 0 Å². The molecule has 2 heterocycles. The van der Waals surface area contributed by atoms with Crippen molar-refractivity contribution < 1.29 is 9.66 Å². The lowest BCUT2D eigenvalue weighted by Gasteiger charge is -2.11. The van der Waals surface area contributed by atoms with E-state index in [1.807, 2.05) is 13.0 Å². The third kappa shape index (κ3) is 4.05. The predicted octanol–water partition coefficient (Wildman–Crippen LogP) is 3.34. The van der Waals surface area contributed by atoms with Crippen LogP contribution in [0.25, 0.3) is 11.4 Å². The zero-order valence-corrected chi connectivity index (χ0v) is 13.6. The molecule has 0 spiro atoms. The number of aromatic nitrogens is 2. The molecule has 1 aromatic heterocycles. The summed E-state index contributed by atoms with van der Waals surface area (Å²) in [5.74, 6) is 1.21. The Morgan fingerprint density at radius 1 is 1.38 bits per heavy atom. The van der Waals surface area contributed by atoms with Crippen LogP contribution in [0.15, 0.2) is 30.3 Å². The second-order valence-electron chi connectivity index (χ2n) is 5.88. The molecule has 0 amide bonds. The summed E-state index contributed by atoms with van der Waals surface area (Å²) < 4.78 is 5.61. The molecule has 0 bridgehead atoms. The molecule has 7 heteroatoms. The molecule has 1 aliphatic rings. The fraction of sp³-hybridized carbons (Fsp3) is 0.412. The van der Waals surface area contributed by atoms with E-state index < -0.39 is 4.92 Å². The normalized spacial score (nSPS) is 17.0. The van der Waals surface area contributed by atoms with Crippen LogP contribution < -0.4 is 5.32 Å². The minimum atomic E-state index is -0.417. The molecular weight excluding hydrogens is 308 g/mol. The van der Waals surface area contributed by atoms with Crippen molar-refractivity contribution in [3.8, 4) is 11.4 Å². The van der Waals surface area contributed by atoms with Crippen molar-refractivity contribution in [3.05, 3.63) is 46.1 Å². The van der Waals surface area contributed by atoms with E-state index in [0.29, 0.717) is 17.5 Å². The first kappa shape index (κ1) is 16.3. The van der Waals surface area contributed by atoms with Crippen LogP contribution in [0.2, 0.25) is 0 Å². The van der Waals surface area contributed by atoms with Crippen LogP contribution in [0, 0.1) is 17.0 Å². The Morgan fingerprint density at radius 2 is 2.25 bits per heavy atom. The van der Waals surface area contributed by atoms with Crippen LogP contribution in [-0.4, -0.2) is 34.1 Å². The van der Waals surface area contributed by atoms with Gasteiger partial charge in [0.15, 0.2) is 5.82 Å². The lowest BCUT2D eigenvalue weighted by molar-refractivity contribution is -0.384. The molecule has 0 radical (unpaired) electrons. The molecule has 0 saturated carbocycles. The topological polar surface area (TPSA) is 90.2 Å². The highest BCUT2D eigenvalue weighted by Crippen LogP contribution is 2.22. The van der Waals surface area contributed by atoms with E-state index in [0.717, 1.165) is 43.9 Å². The Hall–Kier alpha value is -2.54. The average molecular weight is 328 g/mol. The van der Waals surface area contributed by atoms with E-state index in [9.17, 15) is 10.1 Å². The molecule has 1 saturated heterocycles. The number of nitrogens with zero attached hydrogens (tertiary/aromatic N) is 3. The third-order valence-electron chi connectivity index (χ3n) is 3.97. The van der Waals surface area contributed by atoms with Crippen LogP contribution >= 0.6 is 0 Å². The molecule has 1 unspecified atom stereocenters. The number of ether oxygens (including phenoxy) is 1. The van der Waals surface area contributed by atoms with Gasteiger partial charge in [0.05, 0.1) is 11.0 Å². The maximum Gasteiger partial charge on any atom is 0.270 e. The molecule has 24 heavy (non-hydrogen) atoms. The summed E-state index contributed by atoms with van der Waals surface area (Å²) in [4.78, 5) is 19.4. The Balaban J connectivity index is 1.73. The fourth-order valence-electron chi connectivity index (χ4n) is 2.78. The lowest BCUT2D eigenvalue weighted by Crippen LogP contribution is -2.13. The molecular formula is C17H20N4O3. The van der Waals surface area contributed by atoms with Gasteiger partial charge in [-0.05, 0) is 26.2 Å². The molecule has 126 valence electrons. The van der Waals surface area contributed by atoms with E-state index in [-0.39, 0.29) is 5.69 Å². The number of benzene rings is 1. The number of hydrogen-bond acceptors (Lipinski definition) is 6. The van der Waals surface area contributed by atoms with Crippen LogP contribution in [0.4, 0.5) is 11.5 Å². The predicted molar refractivity (Wildman–Crippen MR) is 90.9 cm³/mol. The van der Waals surface area contributed by atoms with E-state index in [1.165, 1.54) is 12.1 Å². The molecule has 7 nitrogen and oxygen atoms in total. The number of nitrogens with one attached hydrogen (secondary N) is 1. The zero-order valence-electron chi connectivity index (χ0n) is 13.6. The molecule has 3 rings (SSSR count). The van der Waals surface area contributed by atoms with Crippen LogP contribution in [0.5, 0.6) is 0 Å². The first-order valence-electron chi connectivity index (χ1n) is 8.08. The smallest absolute Gasteiger partial charge is 0.270 e. The monoisotopic (exact) mass is 328 g/mol. The summed E-state index contributed by atoms with van der Waals surface area (Å²) >= 11 is 0. The average Bonchev–Trinajstić information content (AvgIpc) is 3.08. The van der Waals surface area contributed by atoms with Crippen molar-refractivity contribution in [1.29, 1.82) is 0 Å². The Bertz CT molecular complexity index is 730. The van der Waals surface area contributed by atoms with Crippen molar-refractivity contribution in [1.82, 2.24) is 9.97 Å². The lowest BCUT2D eigenvalue weighted by atomic mass is 10.2. The van der Waals surface area contributed by atoms with Gasteiger partial charge in [0.25, 0.3) is 5.69 Å². The Kier molecular flexibility index (Phi) is 5.00. The summed E-state index contributed by atoms with van der Waals surface area (Å²) in [5, 5.41) is 14.2. The summed E-state index contributed by atoms with van der Waals surface area (Å²) in [6.45, 7) is 3.51.